The summed E-state index contributed by atoms with van der Waals surface area (Å²) in [5.74, 6) is 0. The third kappa shape index (κ3) is 6.13. The lowest BCUT2D eigenvalue weighted by Gasteiger charge is -2.30. The first-order chi connectivity index (χ1) is 30.7. The van der Waals surface area contributed by atoms with Gasteiger partial charge < -0.3 is 4.90 Å². The summed E-state index contributed by atoms with van der Waals surface area (Å²) < 4.78 is 0. The molecule has 1 spiro atoms. The van der Waals surface area contributed by atoms with E-state index in [0.717, 1.165) is 11.4 Å². The molecule has 0 saturated carbocycles. The van der Waals surface area contributed by atoms with Crippen molar-refractivity contribution < 1.29 is 0 Å². The van der Waals surface area contributed by atoms with Gasteiger partial charge in [-0.3, -0.25) is 0 Å². The number of anilines is 3. The maximum absolute atomic E-state index is 2.77. The molecule has 9 aromatic rings. The van der Waals surface area contributed by atoms with E-state index in [9.17, 15) is 0 Å². The monoisotopic (exact) mass is 823 g/mol. The second-order valence-electron chi connectivity index (χ2n) is 18.0. The van der Waals surface area contributed by atoms with Gasteiger partial charge in [0.25, 0.3) is 0 Å². The number of fused-ring (bicyclic) bond motifs is 10. The molecular weight excluding hydrogens is 774 g/mol. The van der Waals surface area contributed by atoms with Crippen LogP contribution in [0.1, 0.15) is 33.4 Å². The first-order valence-electron chi connectivity index (χ1n) is 22.4. The quantitative estimate of drug-likeness (QED) is 0.145. The van der Waals surface area contributed by atoms with Crippen LogP contribution in [0.15, 0.2) is 194 Å². The van der Waals surface area contributed by atoms with Gasteiger partial charge in [0.1, 0.15) is 0 Å². The summed E-state index contributed by atoms with van der Waals surface area (Å²) in [5, 5.41) is 5.91. The van der Waals surface area contributed by atoms with Crippen molar-refractivity contribution in [2.75, 3.05) is 4.90 Å². The zero-order chi connectivity index (χ0) is 43.0. The maximum Gasteiger partial charge on any atom is 0.242 e. The summed E-state index contributed by atoms with van der Waals surface area (Å²) in [6.07, 6.45) is 0. The molecule has 11 rings (SSSR count). The fourth-order valence-corrected chi connectivity index (χ4v) is 17.3. The van der Waals surface area contributed by atoms with Crippen molar-refractivity contribution >= 4 is 69.0 Å². The van der Waals surface area contributed by atoms with Crippen molar-refractivity contribution in [1.29, 1.82) is 0 Å². The van der Waals surface area contributed by atoms with E-state index in [2.05, 4.69) is 241 Å². The average molecular weight is 824 g/mol. The lowest BCUT2D eigenvalue weighted by molar-refractivity contribution is 1.29. The Kier molecular flexibility index (Phi) is 9.37. The van der Waals surface area contributed by atoms with Gasteiger partial charge in [-0.15, -0.1) is 0 Å². The topological polar surface area (TPSA) is 3.24 Å². The smallest absolute Gasteiger partial charge is 0.242 e. The first kappa shape index (κ1) is 38.9. The highest BCUT2D eigenvalue weighted by Crippen LogP contribution is 2.40. The minimum Gasteiger partial charge on any atom is -0.311 e. The Morgan fingerprint density at radius 3 is 1.25 bits per heavy atom. The van der Waals surface area contributed by atoms with Crippen LogP contribution in [0.3, 0.4) is 0 Å². The van der Waals surface area contributed by atoms with Gasteiger partial charge in [0.05, 0.1) is 0 Å². The van der Waals surface area contributed by atoms with Gasteiger partial charge in [0.15, 0.2) is 8.07 Å². The summed E-state index contributed by atoms with van der Waals surface area (Å²) in [6.45, 7) is 13.7. The Bertz CT molecular complexity index is 3090. The molecule has 1 unspecified atom stereocenters. The number of hydrogen-bond donors (Lipinski definition) is 0. The van der Waals surface area contributed by atoms with Crippen LogP contribution >= 0.6 is 0 Å². The summed E-state index contributed by atoms with van der Waals surface area (Å²) >= 11 is 0. The number of benzene rings is 9. The molecule has 302 valence electrons. The molecule has 1 atom stereocenters. The van der Waals surface area contributed by atoms with Crippen LogP contribution in [-0.4, -0.2) is 14.8 Å². The first-order valence-corrected chi connectivity index (χ1v) is 24.4. The second-order valence-corrected chi connectivity index (χ2v) is 21.7. The van der Waals surface area contributed by atoms with Crippen molar-refractivity contribution in [2.24, 2.45) is 0 Å². The van der Waals surface area contributed by atoms with Crippen molar-refractivity contribution in [3.8, 4) is 33.4 Å². The molecular formula is C60H50BNSi. The molecule has 2 aliphatic rings. The zero-order valence-corrected chi connectivity index (χ0v) is 38.0. The number of para-hydroxylation sites is 2. The molecule has 0 aliphatic carbocycles. The third-order valence-corrected chi connectivity index (χ3v) is 18.9. The van der Waals surface area contributed by atoms with Crippen LogP contribution in [-0.2, 0) is 0 Å². The Balaban J connectivity index is 1.09. The van der Waals surface area contributed by atoms with E-state index in [1.165, 1.54) is 110 Å². The van der Waals surface area contributed by atoms with E-state index in [1.54, 1.807) is 0 Å². The molecule has 0 radical (unpaired) electrons. The van der Waals surface area contributed by atoms with Crippen molar-refractivity contribution in [3.05, 3.63) is 228 Å². The van der Waals surface area contributed by atoms with Gasteiger partial charge >= 0.3 is 0 Å². The highest BCUT2D eigenvalue weighted by Gasteiger charge is 2.54. The van der Waals surface area contributed by atoms with Crippen LogP contribution in [0, 0.1) is 41.5 Å². The van der Waals surface area contributed by atoms with Gasteiger partial charge in [-0.25, -0.2) is 0 Å². The Hall–Kier alpha value is -6.94. The maximum atomic E-state index is 2.57. The van der Waals surface area contributed by atoms with Gasteiger partial charge in [0.2, 0.25) is 6.71 Å². The molecule has 2 heterocycles. The standard InChI is InChI=1S/C60H50BNSi/c1-39-33-41(3)59(42(4)34-39)61(60-43(5)35-40(2)36-44(60)6)47-28-25-45(26-29-47)46-27-31-53-51-21-13-15-23-55(51)63(57(53)37-46)56-24-16-14-22-52(56)54-32-30-50(38-58(54)63)62(48-17-9-7-10-18-48)49-19-11-8-12-20-49/h7-38H,1-6H3. The minimum atomic E-state index is -2.77. The predicted molar refractivity (Wildman–Crippen MR) is 274 cm³/mol. The molecule has 0 amide bonds. The van der Waals surface area contributed by atoms with Crippen molar-refractivity contribution in [1.82, 2.24) is 0 Å². The predicted octanol–water partition coefficient (Wildman–Crippen LogP) is 10.5. The second kappa shape index (κ2) is 15.2. The molecule has 2 aliphatic heterocycles. The Labute approximate surface area is 374 Å². The SMILES string of the molecule is Cc1cc(C)c(B(c2ccc(-c3ccc4c(c3)[Si]3(c5ccccc5-4)c4ccccc4-c4ccc(N(c5ccccc5)c5ccccc5)cc43)cc2)c2c(C)cc(C)cc2C)c(C)c1. The van der Waals surface area contributed by atoms with Gasteiger partial charge in [-0.2, -0.15) is 0 Å². The van der Waals surface area contributed by atoms with E-state index in [-0.39, 0.29) is 6.71 Å². The highest BCUT2D eigenvalue weighted by atomic mass is 28.3. The molecule has 1 nitrogen and oxygen atoms in total. The lowest BCUT2D eigenvalue weighted by atomic mass is 9.34. The van der Waals surface area contributed by atoms with E-state index < -0.39 is 8.07 Å². The highest BCUT2D eigenvalue weighted by molar-refractivity contribution is 7.24. The zero-order valence-electron chi connectivity index (χ0n) is 37.0. The number of hydrogen-bond acceptors (Lipinski definition) is 1. The van der Waals surface area contributed by atoms with Gasteiger partial charge in [-0.05, 0) is 132 Å². The molecule has 63 heavy (non-hydrogen) atoms. The van der Waals surface area contributed by atoms with E-state index in [4.69, 9.17) is 0 Å². The van der Waals surface area contributed by atoms with Gasteiger partial charge in [0, 0.05) is 17.1 Å². The van der Waals surface area contributed by atoms with Crippen molar-refractivity contribution in [3.63, 3.8) is 0 Å². The molecule has 3 heteroatoms. The lowest BCUT2D eigenvalue weighted by Crippen LogP contribution is -2.70. The fourth-order valence-electron chi connectivity index (χ4n) is 11.7. The normalized spacial score (nSPS) is 14.3. The van der Waals surface area contributed by atoms with Crippen LogP contribution in [0.2, 0.25) is 0 Å². The summed E-state index contributed by atoms with van der Waals surface area (Å²) in [6, 6.07) is 73.8. The van der Waals surface area contributed by atoms with Crippen LogP contribution in [0.4, 0.5) is 17.1 Å². The summed E-state index contributed by atoms with van der Waals surface area (Å²) in [4.78, 5) is 2.41. The van der Waals surface area contributed by atoms with Crippen LogP contribution in [0.5, 0.6) is 0 Å². The molecule has 0 aromatic heterocycles. The average Bonchev–Trinajstić information content (AvgIpc) is 3.75. The Morgan fingerprint density at radius 1 is 0.333 bits per heavy atom. The Morgan fingerprint density at radius 2 is 0.746 bits per heavy atom. The van der Waals surface area contributed by atoms with Crippen LogP contribution in [0.25, 0.3) is 33.4 Å². The van der Waals surface area contributed by atoms with Crippen molar-refractivity contribution in [2.45, 2.75) is 41.5 Å². The third-order valence-electron chi connectivity index (χ3n) is 14.0. The molecule has 0 saturated heterocycles. The molecule has 0 N–H and O–H groups in total. The van der Waals surface area contributed by atoms with Gasteiger partial charge in [-0.1, -0.05) is 207 Å². The van der Waals surface area contributed by atoms with E-state index >= 15 is 0 Å². The number of aryl methyl sites for hydroxylation is 6. The number of rotatable bonds is 7. The largest absolute Gasteiger partial charge is 0.311 e. The van der Waals surface area contributed by atoms with E-state index in [0.29, 0.717) is 0 Å². The van der Waals surface area contributed by atoms with Crippen LogP contribution < -0.4 is 42.0 Å². The molecule has 9 aromatic carbocycles. The summed E-state index contributed by atoms with van der Waals surface area (Å²) in [5.41, 5.74) is 23.6. The van der Waals surface area contributed by atoms with E-state index in [1.807, 2.05) is 0 Å². The minimum absolute atomic E-state index is 0.137. The summed E-state index contributed by atoms with van der Waals surface area (Å²) in [7, 11) is -2.77. The molecule has 0 fully saturated rings. The number of nitrogens with zero attached hydrogens (tertiary/aromatic N) is 1. The molecule has 0 bridgehead atoms. The fraction of sp³-hybridized carbons (Fsp3) is 0.100.